The Bertz CT molecular complexity index is 1190. The van der Waals surface area contributed by atoms with E-state index >= 15 is 0 Å². The number of rotatable bonds is 1. The minimum Gasteiger partial charge on any atom is -0.456 e. The Kier molecular flexibility index (Phi) is 4.72. The molecular formula is C26H33NO12. The number of hydrogen-bond donors (Lipinski definition) is 3. The third-order valence-corrected chi connectivity index (χ3v) is 10.8. The number of carbonyl (C=O) groups excluding carboxylic acids is 4. The Morgan fingerprint density at radius 3 is 2.31 bits per heavy atom. The van der Waals surface area contributed by atoms with Gasteiger partial charge >= 0.3 is 24.0 Å². The summed E-state index contributed by atoms with van der Waals surface area (Å²) in [4.78, 5) is 54.6. The Morgan fingerprint density at radius 2 is 1.67 bits per heavy atom. The molecule has 2 saturated carbocycles. The first-order valence-electron chi connectivity index (χ1n) is 13.6. The number of fused-ring (bicyclic) bond motifs is 1. The Morgan fingerprint density at radius 1 is 1.00 bits per heavy atom. The molecule has 7 fully saturated rings. The molecule has 13 nitrogen and oxygen atoms in total. The van der Waals surface area contributed by atoms with Gasteiger partial charge in [0, 0.05) is 19.0 Å². The summed E-state index contributed by atoms with van der Waals surface area (Å²) in [5.41, 5.74) is -9.70. The van der Waals surface area contributed by atoms with Gasteiger partial charge in [0.15, 0.2) is 23.9 Å². The molecule has 39 heavy (non-hydrogen) atoms. The molecular weight excluding hydrogens is 518 g/mol. The SMILES string of the molecule is C[C@@H]1C(=O)OC2[C@H](O)C34C5OC(=O)C3(OC3OC(=O)[C@H](O)C34[C@H](C(C)(C)C)[C@H]5OC(=O)N3CCCCC3)[C@]21O. The van der Waals surface area contributed by atoms with Crippen molar-refractivity contribution in [2.45, 2.75) is 95.0 Å². The van der Waals surface area contributed by atoms with E-state index in [-0.39, 0.29) is 0 Å². The summed E-state index contributed by atoms with van der Waals surface area (Å²) < 4.78 is 29.2. The topological polar surface area (TPSA) is 178 Å². The molecule has 0 aromatic heterocycles. The quantitative estimate of drug-likeness (QED) is 0.274. The number of nitrogens with zero attached hydrogens (tertiary/aromatic N) is 1. The van der Waals surface area contributed by atoms with Crippen molar-refractivity contribution in [2.24, 2.45) is 28.1 Å². The molecule has 13 heteroatoms. The van der Waals surface area contributed by atoms with Gasteiger partial charge in [0.25, 0.3) is 0 Å². The Hall–Kier alpha value is -2.48. The van der Waals surface area contributed by atoms with Gasteiger partial charge < -0.3 is 43.9 Å². The van der Waals surface area contributed by atoms with E-state index in [9.17, 15) is 34.5 Å². The van der Waals surface area contributed by atoms with E-state index in [4.69, 9.17) is 23.7 Å². The van der Waals surface area contributed by atoms with Crippen LogP contribution in [-0.2, 0) is 38.1 Å². The highest BCUT2D eigenvalue weighted by Crippen LogP contribution is 2.84. The molecule has 12 atom stereocenters. The van der Waals surface area contributed by atoms with Crippen LogP contribution in [0.1, 0.15) is 47.0 Å². The Balaban J connectivity index is 1.48. The van der Waals surface area contributed by atoms with Crippen LogP contribution in [0.15, 0.2) is 0 Å². The highest BCUT2D eigenvalue weighted by atomic mass is 16.8. The lowest BCUT2D eigenvalue weighted by atomic mass is 9.51. The van der Waals surface area contributed by atoms with E-state index in [1.807, 2.05) is 0 Å². The highest BCUT2D eigenvalue weighted by molar-refractivity contribution is 5.94. The summed E-state index contributed by atoms with van der Waals surface area (Å²) >= 11 is 0. The third kappa shape index (κ3) is 2.31. The molecule has 0 aromatic carbocycles. The molecule has 5 heterocycles. The summed E-state index contributed by atoms with van der Waals surface area (Å²) in [6.07, 6.45) is -7.82. The van der Waals surface area contributed by atoms with Gasteiger partial charge in [-0.1, -0.05) is 20.8 Å². The lowest BCUT2D eigenvalue weighted by Crippen LogP contribution is -2.67. The van der Waals surface area contributed by atoms with Gasteiger partial charge in [-0.05, 0) is 31.6 Å². The van der Waals surface area contributed by atoms with Crippen molar-refractivity contribution in [3.63, 3.8) is 0 Å². The van der Waals surface area contributed by atoms with Crippen LogP contribution in [0.3, 0.4) is 0 Å². The van der Waals surface area contributed by atoms with Gasteiger partial charge in [-0.15, -0.1) is 0 Å². The highest BCUT2D eigenvalue weighted by Gasteiger charge is 3.05. The van der Waals surface area contributed by atoms with Gasteiger partial charge in [0.2, 0.25) is 11.9 Å². The van der Waals surface area contributed by atoms with Crippen molar-refractivity contribution >= 4 is 24.0 Å². The predicted molar refractivity (Wildman–Crippen MR) is 123 cm³/mol. The average molecular weight is 552 g/mol. The van der Waals surface area contributed by atoms with Crippen molar-refractivity contribution in [1.82, 2.24) is 4.90 Å². The second-order valence-electron chi connectivity index (χ2n) is 13.2. The predicted octanol–water partition coefficient (Wildman–Crippen LogP) is -0.768. The van der Waals surface area contributed by atoms with Crippen molar-refractivity contribution in [3.05, 3.63) is 0 Å². The first-order chi connectivity index (χ1) is 18.2. The number of amides is 1. The van der Waals surface area contributed by atoms with E-state index in [2.05, 4.69) is 0 Å². The molecule has 7 rings (SSSR count). The number of likely N-dealkylation sites (tertiary alicyclic amines) is 1. The normalized spacial score (nSPS) is 53.1. The van der Waals surface area contributed by atoms with Gasteiger partial charge in [-0.3, -0.25) is 4.79 Å². The first-order valence-corrected chi connectivity index (χ1v) is 13.6. The number of aliphatic hydroxyl groups is 3. The number of piperidine rings is 1. The summed E-state index contributed by atoms with van der Waals surface area (Å²) in [5.74, 6) is -5.31. The van der Waals surface area contributed by atoms with Crippen LogP contribution in [0.5, 0.6) is 0 Å². The maximum atomic E-state index is 13.9. The standard InChI is InChI=1S/C26H33NO12/c1-10-17(30)36-16-13(28)24-15-11(35-21(33)27-8-6-5-7-9-27)12(22(2,3)4)23(24)14(29)18(31)38-20(23)39-26(24,19(32)37-15)25(10,16)34/h10-16,20,28-29,34H,5-9H2,1-4H3/t10-,11-,12+,13+,14+,15?,16?,20?,23?,24?,25-,26?/m1/s1. The van der Waals surface area contributed by atoms with E-state index in [0.717, 1.165) is 19.3 Å². The monoisotopic (exact) mass is 551 g/mol. The zero-order chi connectivity index (χ0) is 28.1. The van der Waals surface area contributed by atoms with E-state index in [1.165, 1.54) is 6.92 Å². The van der Waals surface area contributed by atoms with Gasteiger partial charge in [0.05, 0.1) is 16.7 Å². The zero-order valence-corrected chi connectivity index (χ0v) is 22.1. The molecule has 0 radical (unpaired) electrons. The minimum absolute atomic E-state index is 0.476. The summed E-state index contributed by atoms with van der Waals surface area (Å²) in [7, 11) is 0. The fraction of sp³-hybridized carbons (Fsp3) is 0.846. The molecule has 6 unspecified atom stereocenters. The Labute approximate surface area is 223 Å². The number of carbonyl (C=O) groups is 4. The molecule has 1 amide bonds. The second kappa shape index (κ2) is 7.23. The third-order valence-electron chi connectivity index (χ3n) is 10.8. The summed E-state index contributed by atoms with van der Waals surface area (Å²) in [6.45, 7) is 7.72. The first kappa shape index (κ1) is 25.5. The molecule has 2 spiro atoms. The maximum absolute atomic E-state index is 13.9. The van der Waals surface area contributed by atoms with E-state index < -0.39 is 100 Å². The number of hydrogen-bond acceptors (Lipinski definition) is 12. The number of aliphatic hydroxyl groups excluding tert-OH is 2. The number of ether oxygens (including phenoxy) is 5. The van der Waals surface area contributed by atoms with Crippen molar-refractivity contribution < 1.29 is 58.2 Å². The lowest BCUT2D eigenvalue weighted by molar-refractivity contribution is -0.240. The summed E-state index contributed by atoms with van der Waals surface area (Å²) in [5, 5.41) is 35.9. The molecule has 0 aromatic rings. The van der Waals surface area contributed by atoms with Crippen LogP contribution in [0.4, 0.5) is 4.79 Å². The summed E-state index contributed by atoms with van der Waals surface area (Å²) in [6, 6.07) is 0. The fourth-order valence-electron chi connectivity index (χ4n) is 9.62. The van der Waals surface area contributed by atoms with Gasteiger partial charge in [-0.2, -0.15) is 0 Å². The van der Waals surface area contributed by atoms with Crippen molar-refractivity contribution in [1.29, 1.82) is 0 Å². The second-order valence-corrected chi connectivity index (χ2v) is 13.2. The lowest BCUT2D eigenvalue weighted by Gasteiger charge is -2.47. The van der Waals surface area contributed by atoms with Crippen LogP contribution in [0.25, 0.3) is 0 Å². The zero-order valence-electron chi connectivity index (χ0n) is 22.1. The molecule has 3 N–H and O–H groups in total. The fourth-order valence-corrected chi connectivity index (χ4v) is 9.62. The maximum Gasteiger partial charge on any atom is 0.410 e. The minimum atomic E-state index is -2.46. The van der Waals surface area contributed by atoms with E-state index in [1.54, 1.807) is 25.7 Å². The van der Waals surface area contributed by atoms with E-state index in [0.29, 0.717) is 13.1 Å². The molecule has 5 aliphatic heterocycles. The van der Waals surface area contributed by atoms with Crippen LogP contribution >= 0.6 is 0 Å². The number of esters is 3. The van der Waals surface area contributed by atoms with Gasteiger partial charge in [-0.25, -0.2) is 14.4 Å². The average Bonchev–Trinajstić information content (AvgIpc) is 3.58. The molecule has 0 bridgehead atoms. The smallest absolute Gasteiger partial charge is 0.410 e. The van der Waals surface area contributed by atoms with Crippen molar-refractivity contribution in [2.75, 3.05) is 13.1 Å². The van der Waals surface area contributed by atoms with Crippen molar-refractivity contribution in [3.8, 4) is 0 Å². The van der Waals surface area contributed by atoms with Crippen LogP contribution in [-0.4, -0.2) is 105 Å². The largest absolute Gasteiger partial charge is 0.456 e. The van der Waals surface area contributed by atoms with Gasteiger partial charge in [0.1, 0.15) is 12.2 Å². The molecule has 214 valence electrons. The van der Waals surface area contributed by atoms with Crippen LogP contribution in [0.2, 0.25) is 0 Å². The van der Waals surface area contributed by atoms with Crippen LogP contribution < -0.4 is 0 Å². The molecule has 2 aliphatic carbocycles. The molecule has 5 saturated heterocycles. The molecule has 7 aliphatic rings. The van der Waals surface area contributed by atoms with Crippen LogP contribution in [0, 0.1) is 28.1 Å².